The SMILES string of the molecule is CCCNCCCC1CCCc2c(OC)cccc21. The summed E-state index contributed by atoms with van der Waals surface area (Å²) in [5, 5.41) is 3.50. The van der Waals surface area contributed by atoms with Crippen molar-refractivity contribution in [3.8, 4) is 5.75 Å². The minimum Gasteiger partial charge on any atom is -0.496 e. The summed E-state index contributed by atoms with van der Waals surface area (Å²) in [5.74, 6) is 1.83. The molecule has 0 radical (unpaired) electrons. The molecule has 0 spiro atoms. The summed E-state index contributed by atoms with van der Waals surface area (Å²) in [6.07, 6.45) is 7.64. The summed E-state index contributed by atoms with van der Waals surface area (Å²) in [4.78, 5) is 0. The molecule has 0 bridgehead atoms. The highest BCUT2D eigenvalue weighted by atomic mass is 16.5. The van der Waals surface area contributed by atoms with E-state index in [1.54, 1.807) is 12.7 Å². The molecule has 0 saturated carbocycles. The molecule has 106 valence electrons. The lowest BCUT2D eigenvalue weighted by Crippen LogP contribution is -2.18. The van der Waals surface area contributed by atoms with Crippen LogP contribution in [0, 0.1) is 0 Å². The van der Waals surface area contributed by atoms with Crippen LogP contribution in [0.3, 0.4) is 0 Å². The molecule has 0 fully saturated rings. The molecule has 1 aliphatic rings. The van der Waals surface area contributed by atoms with Crippen molar-refractivity contribution in [2.75, 3.05) is 20.2 Å². The van der Waals surface area contributed by atoms with Crippen molar-refractivity contribution in [2.24, 2.45) is 0 Å². The topological polar surface area (TPSA) is 21.3 Å². The van der Waals surface area contributed by atoms with Gasteiger partial charge in [-0.2, -0.15) is 0 Å². The molecule has 0 aromatic heterocycles. The van der Waals surface area contributed by atoms with Crippen LogP contribution in [0.4, 0.5) is 0 Å². The predicted octanol–water partition coefficient (Wildman–Crippen LogP) is 3.89. The fourth-order valence-electron chi connectivity index (χ4n) is 3.18. The lowest BCUT2D eigenvalue weighted by Gasteiger charge is -2.27. The Hall–Kier alpha value is -1.02. The van der Waals surface area contributed by atoms with Crippen LogP contribution in [-0.4, -0.2) is 20.2 Å². The van der Waals surface area contributed by atoms with Crippen LogP contribution in [0.2, 0.25) is 0 Å². The van der Waals surface area contributed by atoms with Crippen LogP contribution >= 0.6 is 0 Å². The Morgan fingerprint density at radius 1 is 1.32 bits per heavy atom. The highest BCUT2D eigenvalue weighted by molar-refractivity contribution is 5.43. The average molecular weight is 261 g/mol. The van der Waals surface area contributed by atoms with E-state index in [1.165, 1.54) is 44.1 Å². The van der Waals surface area contributed by atoms with E-state index in [0.29, 0.717) is 0 Å². The third-order valence-corrected chi connectivity index (χ3v) is 4.14. The Morgan fingerprint density at radius 2 is 2.21 bits per heavy atom. The summed E-state index contributed by atoms with van der Waals surface area (Å²) in [6.45, 7) is 4.52. The molecule has 0 amide bonds. The van der Waals surface area contributed by atoms with E-state index in [4.69, 9.17) is 4.74 Å². The molecular formula is C17H27NO. The van der Waals surface area contributed by atoms with Gasteiger partial charge in [0.2, 0.25) is 0 Å². The van der Waals surface area contributed by atoms with Gasteiger partial charge in [0.15, 0.2) is 0 Å². The van der Waals surface area contributed by atoms with Gasteiger partial charge >= 0.3 is 0 Å². The maximum absolute atomic E-state index is 5.51. The number of rotatable bonds is 7. The Bertz CT molecular complexity index is 389. The quantitative estimate of drug-likeness (QED) is 0.752. The van der Waals surface area contributed by atoms with Gasteiger partial charge in [0.25, 0.3) is 0 Å². The average Bonchev–Trinajstić information content (AvgIpc) is 2.46. The van der Waals surface area contributed by atoms with Crippen molar-refractivity contribution in [1.29, 1.82) is 0 Å². The zero-order valence-corrected chi connectivity index (χ0v) is 12.4. The van der Waals surface area contributed by atoms with Gasteiger partial charge in [0.1, 0.15) is 5.75 Å². The number of fused-ring (bicyclic) bond motifs is 1. The maximum atomic E-state index is 5.51. The lowest BCUT2D eigenvalue weighted by atomic mass is 9.80. The van der Waals surface area contributed by atoms with Crippen LogP contribution in [0.1, 0.15) is 56.1 Å². The molecule has 1 N–H and O–H groups in total. The molecule has 2 nitrogen and oxygen atoms in total. The first-order chi connectivity index (χ1) is 9.36. The van der Waals surface area contributed by atoms with Crippen molar-refractivity contribution < 1.29 is 4.74 Å². The summed E-state index contributed by atoms with van der Waals surface area (Å²) in [5.41, 5.74) is 3.00. The molecule has 1 aromatic carbocycles. The normalized spacial score (nSPS) is 18.1. The molecule has 19 heavy (non-hydrogen) atoms. The number of hydrogen-bond acceptors (Lipinski definition) is 2. The van der Waals surface area contributed by atoms with Crippen molar-refractivity contribution in [3.63, 3.8) is 0 Å². The van der Waals surface area contributed by atoms with Crippen molar-refractivity contribution in [1.82, 2.24) is 5.32 Å². The third kappa shape index (κ3) is 3.73. The monoisotopic (exact) mass is 261 g/mol. The van der Waals surface area contributed by atoms with Crippen LogP contribution in [-0.2, 0) is 6.42 Å². The fourth-order valence-corrected chi connectivity index (χ4v) is 3.18. The molecule has 0 heterocycles. The molecule has 1 aromatic rings. The highest BCUT2D eigenvalue weighted by Gasteiger charge is 2.22. The van der Waals surface area contributed by atoms with Gasteiger partial charge in [-0.3, -0.25) is 0 Å². The molecular weight excluding hydrogens is 234 g/mol. The van der Waals surface area contributed by atoms with Gasteiger partial charge in [-0.15, -0.1) is 0 Å². The van der Waals surface area contributed by atoms with E-state index < -0.39 is 0 Å². The van der Waals surface area contributed by atoms with E-state index >= 15 is 0 Å². The summed E-state index contributed by atoms with van der Waals surface area (Å²) >= 11 is 0. The lowest BCUT2D eigenvalue weighted by molar-refractivity contribution is 0.400. The maximum Gasteiger partial charge on any atom is 0.122 e. The molecule has 1 unspecified atom stereocenters. The Labute approximate surface area is 117 Å². The van der Waals surface area contributed by atoms with Crippen molar-refractivity contribution in [2.45, 2.75) is 51.4 Å². The molecule has 0 aliphatic heterocycles. The zero-order chi connectivity index (χ0) is 13.5. The molecule has 2 rings (SSSR count). The first-order valence-electron chi connectivity index (χ1n) is 7.73. The number of methoxy groups -OCH3 is 1. The van der Waals surface area contributed by atoms with Crippen LogP contribution in [0.25, 0.3) is 0 Å². The highest BCUT2D eigenvalue weighted by Crippen LogP contribution is 2.38. The van der Waals surface area contributed by atoms with Gasteiger partial charge in [-0.25, -0.2) is 0 Å². The Kier molecular flexibility index (Phi) is 5.71. The predicted molar refractivity (Wildman–Crippen MR) is 81.1 cm³/mol. The summed E-state index contributed by atoms with van der Waals surface area (Å²) in [6, 6.07) is 6.55. The molecule has 1 atom stereocenters. The number of nitrogens with one attached hydrogen (secondary N) is 1. The number of benzene rings is 1. The van der Waals surface area contributed by atoms with E-state index in [-0.39, 0.29) is 0 Å². The van der Waals surface area contributed by atoms with Crippen molar-refractivity contribution >= 4 is 0 Å². The zero-order valence-electron chi connectivity index (χ0n) is 12.4. The summed E-state index contributed by atoms with van der Waals surface area (Å²) in [7, 11) is 1.79. The largest absolute Gasteiger partial charge is 0.496 e. The minimum absolute atomic E-state index is 0.738. The Morgan fingerprint density at radius 3 is 3.00 bits per heavy atom. The molecule has 2 heteroatoms. The standard InChI is InChI=1S/C17H27NO/c1-3-12-18-13-6-8-14-7-4-10-16-15(14)9-5-11-17(16)19-2/h5,9,11,14,18H,3-4,6-8,10,12-13H2,1-2H3. The van der Waals surface area contributed by atoms with Crippen molar-refractivity contribution in [3.05, 3.63) is 29.3 Å². The van der Waals surface area contributed by atoms with Crippen LogP contribution in [0.5, 0.6) is 5.75 Å². The second-order valence-electron chi connectivity index (χ2n) is 5.51. The van der Waals surface area contributed by atoms with Gasteiger partial charge < -0.3 is 10.1 Å². The first kappa shape index (κ1) is 14.4. The third-order valence-electron chi connectivity index (χ3n) is 4.14. The van der Waals surface area contributed by atoms with E-state index in [0.717, 1.165) is 24.8 Å². The van der Waals surface area contributed by atoms with E-state index in [9.17, 15) is 0 Å². The molecule has 1 aliphatic carbocycles. The number of hydrogen-bond donors (Lipinski definition) is 1. The number of ether oxygens (including phenoxy) is 1. The van der Waals surface area contributed by atoms with E-state index in [2.05, 4.69) is 30.4 Å². The van der Waals surface area contributed by atoms with Crippen LogP contribution in [0.15, 0.2) is 18.2 Å². The smallest absolute Gasteiger partial charge is 0.122 e. The van der Waals surface area contributed by atoms with Gasteiger partial charge in [-0.05, 0) is 74.7 Å². The van der Waals surface area contributed by atoms with Crippen LogP contribution < -0.4 is 10.1 Å². The van der Waals surface area contributed by atoms with Gasteiger partial charge in [0.05, 0.1) is 7.11 Å². The van der Waals surface area contributed by atoms with Gasteiger partial charge in [-0.1, -0.05) is 19.1 Å². The minimum atomic E-state index is 0.738. The molecule has 0 saturated heterocycles. The second kappa shape index (κ2) is 7.54. The first-order valence-corrected chi connectivity index (χ1v) is 7.73. The fraction of sp³-hybridized carbons (Fsp3) is 0.647. The van der Waals surface area contributed by atoms with E-state index in [1.807, 2.05) is 0 Å². The van der Waals surface area contributed by atoms with Gasteiger partial charge in [0, 0.05) is 0 Å². The Balaban J connectivity index is 1.94. The second-order valence-corrected chi connectivity index (χ2v) is 5.51. The summed E-state index contributed by atoms with van der Waals surface area (Å²) < 4.78 is 5.51.